The van der Waals surface area contributed by atoms with Gasteiger partial charge in [0, 0.05) is 25.7 Å². The fourth-order valence-electron chi connectivity index (χ4n) is 1.17. The Morgan fingerprint density at radius 3 is 1.30 bits per heavy atom. The number of carbonyl (C=O) groups excluding carboxylic acids is 2. The van der Waals surface area contributed by atoms with Gasteiger partial charge in [-0.05, 0) is 13.8 Å². The van der Waals surface area contributed by atoms with Crippen LogP contribution in [0.15, 0.2) is 10.2 Å². The summed E-state index contributed by atoms with van der Waals surface area (Å²) in [6.45, 7) is 10.5. The minimum atomic E-state index is -1.03. The number of hydrogen-bond donors (Lipinski definition) is 0. The molecule has 0 saturated carbocycles. The molecule has 6 heteroatoms. The van der Waals surface area contributed by atoms with E-state index in [1.165, 1.54) is 0 Å². The van der Waals surface area contributed by atoms with Gasteiger partial charge in [0.15, 0.2) is 0 Å². The van der Waals surface area contributed by atoms with E-state index >= 15 is 0 Å². The van der Waals surface area contributed by atoms with Crippen molar-refractivity contribution in [2.45, 2.75) is 78.7 Å². The summed E-state index contributed by atoms with van der Waals surface area (Å²) in [7, 11) is 0. The van der Waals surface area contributed by atoms with Crippen molar-refractivity contribution < 1.29 is 19.1 Å². The van der Waals surface area contributed by atoms with Crippen molar-refractivity contribution in [1.29, 1.82) is 0 Å². The summed E-state index contributed by atoms with van der Waals surface area (Å²) in [6.07, 6.45) is 1.54. The molecule has 0 rings (SSSR count). The molecule has 0 N–H and O–H groups in total. The summed E-state index contributed by atoms with van der Waals surface area (Å²) >= 11 is 0. The molecule has 0 radical (unpaired) electrons. The van der Waals surface area contributed by atoms with E-state index in [1.54, 1.807) is 27.7 Å². The highest BCUT2D eigenvalue weighted by atomic mass is 16.6. The molecule has 20 heavy (non-hydrogen) atoms. The maximum atomic E-state index is 11.4. The lowest BCUT2D eigenvalue weighted by Crippen LogP contribution is -2.32. The number of nitrogens with zero attached hydrogens (tertiary/aromatic N) is 2. The zero-order valence-electron chi connectivity index (χ0n) is 13.4. The molecule has 116 valence electrons. The molecule has 0 aromatic carbocycles. The Morgan fingerprint density at radius 2 is 1.10 bits per heavy atom. The normalized spacial score (nSPS) is 17.3. The molecule has 0 spiro atoms. The van der Waals surface area contributed by atoms with Gasteiger partial charge in [-0.3, -0.25) is 9.59 Å². The van der Waals surface area contributed by atoms with Crippen LogP contribution in [0.25, 0.3) is 0 Å². The van der Waals surface area contributed by atoms with E-state index in [1.807, 2.05) is 13.8 Å². The highest BCUT2D eigenvalue weighted by Crippen LogP contribution is 2.24. The smallest absolute Gasteiger partial charge is 0.307 e. The maximum absolute atomic E-state index is 11.4. The van der Waals surface area contributed by atoms with Gasteiger partial charge in [-0.15, -0.1) is 10.2 Å². The first-order valence-electron chi connectivity index (χ1n) is 7.11. The third-order valence-electron chi connectivity index (χ3n) is 3.03. The number of ether oxygens (including phenoxy) is 2. The average Bonchev–Trinajstić information content (AvgIpc) is 2.45. The van der Waals surface area contributed by atoms with Crippen molar-refractivity contribution >= 4 is 11.9 Å². The summed E-state index contributed by atoms with van der Waals surface area (Å²) in [5.41, 5.74) is -2.05. The van der Waals surface area contributed by atoms with Crippen molar-refractivity contribution in [2.24, 2.45) is 10.2 Å². The number of esters is 2. The van der Waals surface area contributed by atoms with Crippen LogP contribution in [0.4, 0.5) is 0 Å². The monoisotopic (exact) mass is 286 g/mol. The van der Waals surface area contributed by atoms with Gasteiger partial charge >= 0.3 is 11.9 Å². The van der Waals surface area contributed by atoms with Gasteiger partial charge in [0.25, 0.3) is 0 Å². The number of hydrogen-bond acceptors (Lipinski definition) is 6. The molecule has 0 amide bonds. The molecule has 0 aliphatic heterocycles. The van der Waals surface area contributed by atoms with E-state index in [0.29, 0.717) is 12.8 Å². The summed E-state index contributed by atoms with van der Waals surface area (Å²) in [5, 5.41) is 8.19. The molecule has 0 bridgehead atoms. The minimum Gasteiger partial charge on any atom is -0.436 e. The van der Waals surface area contributed by atoms with Gasteiger partial charge in [0.2, 0.25) is 11.4 Å². The molecule has 2 atom stereocenters. The molecule has 0 heterocycles. The Morgan fingerprint density at radius 1 is 0.800 bits per heavy atom. The standard InChI is InChI=1S/C14H26N2O4/c1-7-11(17)19-13(5,9-3)15-16-14(6,10-4)20-12(18)8-2/h7-10H2,1-6H3. The van der Waals surface area contributed by atoms with Crippen LogP contribution < -0.4 is 0 Å². The molecule has 2 unspecified atom stereocenters. The lowest BCUT2D eigenvalue weighted by molar-refractivity contribution is -0.163. The molecular formula is C14H26N2O4. The SMILES string of the molecule is CCC(=O)OC(C)(CC)N=NC(C)(CC)OC(=O)CC. The zero-order chi connectivity index (χ0) is 15.8. The lowest BCUT2D eigenvalue weighted by atomic mass is 10.2. The largest absolute Gasteiger partial charge is 0.436 e. The second-order valence-corrected chi connectivity index (χ2v) is 4.91. The van der Waals surface area contributed by atoms with Crippen molar-refractivity contribution in [3.63, 3.8) is 0 Å². The lowest BCUT2D eigenvalue weighted by Gasteiger charge is -2.26. The molecule has 0 aromatic rings. The van der Waals surface area contributed by atoms with E-state index in [9.17, 15) is 9.59 Å². The summed E-state index contributed by atoms with van der Waals surface area (Å²) in [4.78, 5) is 22.8. The Kier molecular flexibility index (Phi) is 7.39. The van der Waals surface area contributed by atoms with Gasteiger partial charge in [0.1, 0.15) is 0 Å². The molecule has 0 fully saturated rings. The van der Waals surface area contributed by atoms with Gasteiger partial charge in [-0.2, -0.15) is 0 Å². The zero-order valence-corrected chi connectivity index (χ0v) is 13.4. The first-order chi connectivity index (χ1) is 9.24. The van der Waals surface area contributed by atoms with Crippen LogP contribution in [0.1, 0.15) is 67.2 Å². The maximum Gasteiger partial charge on any atom is 0.307 e. The Hall–Kier alpha value is -1.46. The van der Waals surface area contributed by atoms with E-state index in [2.05, 4.69) is 10.2 Å². The third kappa shape index (κ3) is 6.12. The van der Waals surface area contributed by atoms with Crippen molar-refractivity contribution in [3.8, 4) is 0 Å². The summed E-state index contributed by atoms with van der Waals surface area (Å²) in [6, 6.07) is 0. The van der Waals surface area contributed by atoms with Crippen molar-refractivity contribution in [3.05, 3.63) is 0 Å². The fraction of sp³-hybridized carbons (Fsp3) is 0.857. The number of carbonyl (C=O) groups is 2. The average molecular weight is 286 g/mol. The fourth-order valence-corrected chi connectivity index (χ4v) is 1.17. The second-order valence-electron chi connectivity index (χ2n) is 4.91. The molecule has 6 nitrogen and oxygen atoms in total. The van der Waals surface area contributed by atoms with Crippen LogP contribution in [0.2, 0.25) is 0 Å². The predicted octanol–water partition coefficient (Wildman–Crippen LogP) is 3.60. The quantitative estimate of drug-likeness (QED) is 0.504. The van der Waals surface area contributed by atoms with Crippen LogP contribution in [0.3, 0.4) is 0 Å². The van der Waals surface area contributed by atoms with Gasteiger partial charge in [-0.25, -0.2) is 0 Å². The summed E-state index contributed by atoms with van der Waals surface area (Å²) in [5.74, 6) is -0.672. The molecular weight excluding hydrogens is 260 g/mol. The second kappa shape index (κ2) is 7.97. The van der Waals surface area contributed by atoms with Crippen LogP contribution >= 0.6 is 0 Å². The van der Waals surface area contributed by atoms with Crippen LogP contribution in [-0.4, -0.2) is 23.4 Å². The van der Waals surface area contributed by atoms with Gasteiger partial charge in [0.05, 0.1) is 0 Å². The highest BCUT2D eigenvalue weighted by Gasteiger charge is 2.30. The van der Waals surface area contributed by atoms with E-state index in [-0.39, 0.29) is 24.8 Å². The number of azo groups is 1. The summed E-state index contributed by atoms with van der Waals surface area (Å²) < 4.78 is 10.5. The van der Waals surface area contributed by atoms with Crippen LogP contribution in [-0.2, 0) is 19.1 Å². The predicted molar refractivity (Wildman–Crippen MR) is 75.0 cm³/mol. The Balaban J connectivity index is 4.99. The first-order valence-corrected chi connectivity index (χ1v) is 7.11. The molecule has 0 saturated heterocycles. The van der Waals surface area contributed by atoms with E-state index in [0.717, 1.165) is 0 Å². The minimum absolute atomic E-state index is 0.279. The third-order valence-corrected chi connectivity index (χ3v) is 3.03. The first kappa shape index (κ1) is 18.5. The molecule has 0 aliphatic rings. The van der Waals surface area contributed by atoms with Gasteiger partial charge in [-0.1, -0.05) is 27.7 Å². The molecule has 0 aliphatic carbocycles. The number of rotatable bonds is 8. The van der Waals surface area contributed by atoms with Crippen LogP contribution in [0, 0.1) is 0 Å². The van der Waals surface area contributed by atoms with Crippen molar-refractivity contribution in [2.75, 3.05) is 0 Å². The van der Waals surface area contributed by atoms with Crippen molar-refractivity contribution in [1.82, 2.24) is 0 Å². The topological polar surface area (TPSA) is 77.3 Å². The van der Waals surface area contributed by atoms with Crippen LogP contribution in [0.5, 0.6) is 0 Å². The Labute approximate surface area is 120 Å². The van der Waals surface area contributed by atoms with E-state index in [4.69, 9.17) is 9.47 Å². The van der Waals surface area contributed by atoms with E-state index < -0.39 is 11.4 Å². The Bertz CT molecular complexity index is 336. The highest BCUT2D eigenvalue weighted by molar-refractivity contribution is 5.69. The molecule has 0 aromatic heterocycles. The van der Waals surface area contributed by atoms with Gasteiger partial charge < -0.3 is 9.47 Å².